The fraction of sp³-hybridized carbons (Fsp3) is 0.652. The lowest BCUT2D eigenvalue weighted by Gasteiger charge is -2.24. The first kappa shape index (κ1) is 22.8. The van der Waals surface area contributed by atoms with Gasteiger partial charge in [0.25, 0.3) is 0 Å². The van der Waals surface area contributed by atoms with Gasteiger partial charge in [-0.3, -0.25) is 10.2 Å². The summed E-state index contributed by atoms with van der Waals surface area (Å²) in [5.41, 5.74) is 7.12. The van der Waals surface area contributed by atoms with Crippen molar-refractivity contribution < 1.29 is 23.8 Å². The highest BCUT2D eigenvalue weighted by Crippen LogP contribution is 2.33. The molecule has 5 atom stereocenters. The second-order valence-corrected chi connectivity index (χ2v) is 9.36. The van der Waals surface area contributed by atoms with Gasteiger partial charge in [-0.2, -0.15) is 0 Å². The zero-order valence-electron chi connectivity index (χ0n) is 18.8. The lowest BCUT2D eigenvalue weighted by atomic mass is 9.96. The van der Waals surface area contributed by atoms with Crippen LogP contribution in [0.5, 0.6) is 5.75 Å². The van der Waals surface area contributed by atoms with Crippen molar-refractivity contribution in [2.45, 2.75) is 69.3 Å². The zero-order chi connectivity index (χ0) is 22.6. The van der Waals surface area contributed by atoms with E-state index in [0.717, 1.165) is 43.4 Å². The molecular weight excluding hydrogens is 412 g/mol. The van der Waals surface area contributed by atoms with Crippen molar-refractivity contribution in [1.82, 2.24) is 21.5 Å². The Bertz CT molecular complexity index is 796. The smallest absolute Gasteiger partial charge is 0.407 e. The normalized spacial score (nSPS) is 31.9. The largest absolute Gasteiger partial charge is 0.497 e. The van der Waals surface area contributed by atoms with E-state index in [1.165, 1.54) is 0 Å². The summed E-state index contributed by atoms with van der Waals surface area (Å²) in [4.78, 5) is 24.7. The van der Waals surface area contributed by atoms with Crippen molar-refractivity contribution in [2.24, 2.45) is 5.92 Å². The summed E-state index contributed by atoms with van der Waals surface area (Å²) in [6, 6.07) is 7.75. The van der Waals surface area contributed by atoms with Crippen LogP contribution in [-0.4, -0.2) is 56.2 Å². The number of carbonyl (C=O) groups excluding carboxylic acids is 2. The minimum atomic E-state index is -0.357. The summed E-state index contributed by atoms with van der Waals surface area (Å²) >= 11 is 0. The van der Waals surface area contributed by atoms with Gasteiger partial charge in [-0.05, 0) is 62.6 Å². The Balaban J connectivity index is 1.17. The molecule has 4 rings (SSSR count). The topological polar surface area (TPSA) is 110 Å². The number of methoxy groups -OCH3 is 1. The Kier molecular flexibility index (Phi) is 7.17. The fourth-order valence-corrected chi connectivity index (χ4v) is 4.80. The number of ether oxygens (including phenoxy) is 3. The van der Waals surface area contributed by atoms with Gasteiger partial charge in [0.1, 0.15) is 11.9 Å². The first-order valence-electron chi connectivity index (χ1n) is 11.4. The van der Waals surface area contributed by atoms with Crippen molar-refractivity contribution in [1.29, 1.82) is 0 Å². The van der Waals surface area contributed by atoms with Crippen LogP contribution >= 0.6 is 0 Å². The predicted molar refractivity (Wildman–Crippen MR) is 118 cm³/mol. The van der Waals surface area contributed by atoms with Gasteiger partial charge in [0.15, 0.2) is 0 Å². The lowest BCUT2D eigenvalue weighted by molar-refractivity contribution is -0.121. The Labute approximate surface area is 188 Å². The third kappa shape index (κ3) is 5.90. The minimum Gasteiger partial charge on any atom is -0.497 e. The molecular formula is C23H34N4O5. The molecule has 4 N–H and O–H groups in total. The van der Waals surface area contributed by atoms with Crippen molar-refractivity contribution in [3.63, 3.8) is 0 Å². The van der Waals surface area contributed by atoms with Crippen LogP contribution in [0.2, 0.25) is 0 Å². The summed E-state index contributed by atoms with van der Waals surface area (Å²) in [7, 11) is 1.62. The summed E-state index contributed by atoms with van der Waals surface area (Å²) in [6.07, 6.45) is 4.06. The molecule has 1 aliphatic carbocycles. The maximum atomic E-state index is 12.4. The Hall–Kier alpha value is -2.36. The summed E-state index contributed by atoms with van der Waals surface area (Å²) < 4.78 is 16.2. The van der Waals surface area contributed by atoms with Crippen LogP contribution in [0, 0.1) is 5.92 Å². The van der Waals surface area contributed by atoms with Gasteiger partial charge >= 0.3 is 6.09 Å². The number of hydrogen-bond donors (Lipinski definition) is 4. The molecule has 0 spiro atoms. The first-order chi connectivity index (χ1) is 15.4. The molecule has 3 unspecified atom stereocenters. The average Bonchev–Trinajstić information content (AvgIpc) is 3.50. The molecule has 32 heavy (non-hydrogen) atoms. The molecule has 2 aliphatic heterocycles. The highest BCUT2D eigenvalue weighted by molar-refractivity contribution is 5.78. The number of amides is 2. The molecule has 0 radical (unpaired) electrons. The zero-order valence-corrected chi connectivity index (χ0v) is 18.8. The molecule has 9 nitrogen and oxygen atoms in total. The van der Waals surface area contributed by atoms with Gasteiger partial charge in [0.2, 0.25) is 5.91 Å². The van der Waals surface area contributed by atoms with Crippen LogP contribution in [0.4, 0.5) is 4.79 Å². The molecule has 1 saturated carbocycles. The molecule has 9 heteroatoms. The van der Waals surface area contributed by atoms with E-state index in [9.17, 15) is 9.59 Å². The monoisotopic (exact) mass is 446 g/mol. The number of hydrogen-bond acceptors (Lipinski definition) is 7. The van der Waals surface area contributed by atoms with E-state index >= 15 is 0 Å². The first-order valence-corrected chi connectivity index (χ1v) is 11.4. The number of benzene rings is 1. The van der Waals surface area contributed by atoms with Crippen molar-refractivity contribution in [2.75, 3.05) is 20.3 Å². The van der Waals surface area contributed by atoms with E-state index in [4.69, 9.17) is 14.2 Å². The van der Waals surface area contributed by atoms with Crippen LogP contribution in [0.25, 0.3) is 0 Å². The maximum Gasteiger partial charge on any atom is 0.407 e. The van der Waals surface area contributed by atoms with E-state index in [-0.39, 0.29) is 35.9 Å². The quantitative estimate of drug-likeness (QED) is 0.504. The van der Waals surface area contributed by atoms with Gasteiger partial charge in [0.05, 0.1) is 31.8 Å². The van der Waals surface area contributed by atoms with E-state index in [1.54, 1.807) is 7.11 Å². The van der Waals surface area contributed by atoms with Crippen LogP contribution < -0.4 is 26.2 Å². The Morgan fingerprint density at radius 2 is 2.00 bits per heavy atom. The van der Waals surface area contributed by atoms with Crippen LogP contribution in [0.3, 0.4) is 0 Å². The van der Waals surface area contributed by atoms with Crippen LogP contribution in [-0.2, 0) is 20.7 Å². The van der Waals surface area contributed by atoms with Gasteiger partial charge < -0.3 is 24.8 Å². The van der Waals surface area contributed by atoms with Crippen molar-refractivity contribution >= 4 is 12.0 Å². The second kappa shape index (κ2) is 10.1. The molecule has 0 aromatic heterocycles. The third-order valence-corrected chi connectivity index (χ3v) is 6.68. The van der Waals surface area contributed by atoms with E-state index in [2.05, 4.69) is 21.5 Å². The van der Waals surface area contributed by atoms with E-state index < -0.39 is 0 Å². The molecule has 0 bridgehead atoms. The number of rotatable bonds is 7. The molecule has 3 aliphatic rings. The van der Waals surface area contributed by atoms with E-state index in [0.29, 0.717) is 25.6 Å². The molecule has 1 aromatic rings. The molecule has 2 heterocycles. The van der Waals surface area contributed by atoms with Crippen molar-refractivity contribution in [3.05, 3.63) is 29.8 Å². The highest BCUT2D eigenvalue weighted by atomic mass is 16.6. The fourth-order valence-electron chi connectivity index (χ4n) is 4.80. The predicted octanol–water partition coefficient (Wildman–Crippen LogP) is 1.62. The van der Waals surface area contributed by atoms with Crippen LogP contribution in [0.15, 0.2) is 24.3 Å². The summed E-state index contributed by atoms with van der Waals surface area (Å²) in [6.45, 7) is 3.18. The molecule has 1 aromatic carbocycles. The lowest BCUT2D eigenvalue weighted by Crippen LogP contribution is -2.47. The molecule has 3 fully saturated rings. The second-order valence-electron chi connectivity index (χ2n) is 9.36. The van der Waals surface area contributed by atoms with Gasteiger partial charge in [-0.15, -0.1) is 0 Å². The third-order valence-electron chi connectivity index (χ3n) is 6.68. The number of nitrogens with one attached hydrogen (secondary N) is 4. The molecule has 2 saturated heterocycles. The molecule has 2 amide bonds. The number of carbonyl (C=O) groups is 2. The maximum absolute atomic E-state index is 12.4. The number of hydrazine groups is 1. The minimum absolute atomic E-state index is 0.0243. The summed E-state index contributed by atoms with van der Waals surface area (Å²) in [5.74, 6) is 1.15. The van der Waals surface area contributed by atoms with Gasteiger partial charge in [-0.25, -0.2) is 10.2 Å². The molecule has 176 valence electrons. The van der Waals surface area contributed by atoms with Crippen LogP contribution in [0.1, 0.15) is 44.6 Å². The van der Waals surface area contributed by atoms with Gasteiger partial charge in [-0.1, -0.05) is 12.1 Å². The Morgan fingerprint density at radius 1 is 1.19 bits per heavy atom. The number of alkyl carbamates (subject to hydrolysis) is 1. The standard InChI is InChI=1S/C23H34N4O5/c1-23(9-10-31-14-23)25-22(29)32-18-8-5-16(12-18)19-13-20(27-26-19)24-21(28)11-15-3-6-17(30-2)7-4-15/h3-4,6-7,16,18-20,26-27H,5,8-14H2,1-2H3,(H,24,28)(H,25,29)/t16-,18+,19?,20?,23?/m0/s1. The summed E-state index contributed by atoms with van der Waals surface area (Å²) in [5, 5.41) is 6.00. The van der Waals surface area contributed by atoms with E-state index in [1.807, 2.05) is 31.2 Å². The highest BCUT2D eigenvalue weighted by Gasteiger charge is 2.38. The van der Waals surface area contributed by atoms with Gasteiger partial charge in [0, 0.05) is 12.6 Å². The average molecular weight is 447 g/mol. The SMILES string of the molecule is COc1ccc(CC(=O)NC2CC([C@H]3CC[C@@H](OC(=O)NC4(C)CCOC4)C3)NN2)cc1. The Morgan fingerprint density at radius 3 is 2.72 bits per heavy atom. The van der Waals surface area contributed by atoms with Crippen molar-refractivity contribution in [3.8, 4) is 5.75 Å².